The van der Waals surface area contributed by atoms with Crippen LogP contribution >= 0.6 is 0 Å². The summed E-state index contributed by atoms with van der Waals surface area (Å²) in [5.74, 6) is 0.995. The summed E-state index contributed by atoms with van der Waals surface area (Å²) in [7, 11) is 0. The van der Waals surface area contributed by atoms with E-state index in [1.54, 1.807) is 0 Å². The number of carbonyl (C=O) groups is 1. The van der Waals surface area contributed by atoms with Crippen LogP contribution in [0.2, 0.25) is 0 Å². The lowest BCUT2D eigenvalue weighted by Crippen LogP contribution is -2.43. The molecule has 1 atom stereocenters. The van der Waals surface area contributed by atoms with Gasteiger partial charge in [0.2, 0.25) is 0 Å². The minimum Gasteiger partial charge on any atom is -0.477 e. The van der Waals surface area contributed by atoms with Crippen LogP contribution < -0.4 is 4.74 Å². The normalized spacial score (nSPS) is 23.4. The van der Waals surface area contributed by atoms with Gasteiger partial charge in [-0.15, -0.1) is 0 Å². The van der Waals surface area contributed by atoms with Gasteiger partial charge in [0.1, 0.15) is 5.75 Å². The Morgan fingerprint density at radius 2 is 1.81 bits per heavy atom. The first kappa shape index (κ1) is 12.5. The molecule has 3 nitrogen and oxygen atoms in total. The van der Waals surface area contributed by atoms with Gasteiger partial charge in [-0.2, -0.15) is 0 Å². The maximum Gasteiger partial charge on any atom is 0.267 e. The van der Waals surface area contributed by atoms with Crippen molar-refractivity contribution >= 4 is 5.91 Å². The summed E-state index contributed by atoms with van der Waals surface area (Å²) in [6, 6.07) is 18.1. The number of fused-ring (bicyclic) bond motifs is 1. The van der Waals surface area contributed by atoms with E-state index in [2.05, 4.69) is 18.2 Å². The van der Waals surface area contributed by atoms with E-state index in [1.807, 2.05) is 41.3 Å². The average molecular weight is 279 g/mol. The number of ether oxygens (including phenoxy) is 1. The molecule has 1 unspecified atom stereocenters. The molecule has 21 heavy (non-hydrogen) atoms. The number of carbonyl (C=O) groups excluding carboxylic acids is 1. The lowest BCUT2D eigenvalue weighted by molar-refractivity contribution is -0.140. The summed E-state index contributed by atoms with van der Waals surface area (Å²) in [4.78, 5) is 14.7. The van der Waals surface area contributed by atoms with Gasteiger partial charge >= 0.3 is 0 Å². The van der Waals surface area contributed by atoms with Crippen LogP contribution in [0.1, 0.15) is 17.5 Å². The van der Waals surface area contributed by atoms with Gasteiger partial charge in [0.25, 0.3) is 5.91 Å². The molecule has 0 aliphatic carbocycles. The Balaban J connectivity index is 1.55. The van der Waals surface area contributed by atoms with Crippen LogP contribution in [-0.4, -0.2) is 23.0 Å². The second-order valence-corrected chi connectivity index (χ2v) is 5.84. The van der Waals surface area contributed by atoms with Gasteiger partial charge in [-0.3, -0.25) is 4.79 Å². The zero-order chi connectivity index (χ0) is 14.3. The highest BCUT2D eigenvalue weighted by molar-refractivity contribution is 5.89. The molecule has 2 aromatic rings. The lowest BCUT2D eigenvalue weighted by atomic mass is 9.96. The maximum atomic E-state index is 12.8. The molecule has 2 aliphatic rings. The quantitative estimate of drug-likeness (QED) is 0.846. The van der Waals surface area contributed by atoms with Gasteiger partial charge in [-0.25, -0.2) is 0 Å². The van der Waals surface area contributed by atoms with Gasteiger partial charge in [0, 0.05) is 25.9 Å². The number of para-hydroxylation sites is 1. The first-order chi connectivity index (χ1) is 10.3. The topological polar surface area (TPSA) is 29.5 Å². The summed E-state index contributed by atoms with van der Waals surface area (Å²) in [5, 5.41) is 0. The van der Waals surface area contributed by atoms with E-state index >= 15 is 0 Å². The zero-order valence-corrected chi connectivity index (χ0v) is 11.8. The highest BCUT2D eigenvalue weighted by Gasteiger charge is 2.52. The molecule has 0 bridgehead atoms. The molecule has 1 amide bonds. The smallest absolute Gasteiger partial charge is 0.267 e. The van der Waals surface area contributed by atoms with E-state index in [0.717, 1.165) is 24.3 Å². The van der Waals surface area contributed by atoms with Gasteiger partial charge in [0.15, 0.2) is 5.60 Å². The van der Waals surface area contributed by atoms with Crippen LogP contribution in [0.15, 0.2) is 54.6 Å². The number of rotatable bonds is 2. The van der Waals surface area contributed by atoms with E-state index in [9.17, 15) is 4.79 Å². The summed E-state index contributed by atoms with van der Waals surface area (Å²) in [6.45, 7) is 1.43. The first-order valence-corrected chi connectivity index (χ1v) is 7.37. The van der Waals surface area contributed by atoms with Crippen LogP contribution in [0.25, 0.3) is 0 Å². The van der Waals surface area contributed by atoms with Crippen LogP contribution in [0, 0.1) is 0 Å². The van der Waals surface area contributed by atoms with Crippen molar-refractivity contribution in [1.82, 2.24) is 4.90 Å². The second kappa shape index (κ2) is 4.62. The van der Waals surface area contributed by atoms with Crippen molar-refractivity contribution in [2.75, 3.05) is 6.54 Å². The Kier molecular flexibility index (Phi) is 2.74. The molecule has 106 valence electrons. The minimum absolute atomic E-state index is 0.127. The van der Waals surface area contributed by atoms with Gasteiger partial charge in [-0.05, 0) is 17.2 Å². The summed E-state index contributed by atoms with van der Waals surface area (Å²) >= 11 is 0. The first-order valence-electron chi connectivity index (χ1n) is 7.37. The molecule has 0 saturated carbocycles. The molecule has 0 N–H and O–H groups in total. The highest BCUT2D eigenvalue weighted by Crippen LogP contribution is 2.41. The molecule has 2 heterocycles. The fourth-order valence-electron chi connectivity index (χ4n) is 3.33. The van der Waals surface area contributed by atoms with E-state index in [1.165, 1.54) is 5.56 Å². The molecule has 3 heteroatoms. The molecule has 2 aliphatic heterocycles. The van der Waals surface area contributed by atoms with Crippen molar-refractivity contribution < 1.29 is 9.53 Å². The van der Waals surface area contributed by atoms with Gasteiger partial charge in [-0.1, -0.05) is 48.5 Å². The standard InChI is InChI=1S/C18H17NO2/c20-17-18(12-15-8-4-5-9-16(15)21-18)10-11-19(17)13-14-6-2-1-3-7-14/h1-9H,10-13H2. The predicted octanol–water partition coefficient (Wildman–Crippen LogP) is 2.79. The third kappa shape index (κ3) is 2.00. The number of amides is 1. The van der Waals surface area contributed by atoms with Crippen LogP contribution in [0.4, 0.5) is 0 Å². The predicted molar refractivity (Wildman–Crippen MR) is 80.0 cm³/mol. The maximum absolute atomic E-state index is 12.8. The molecular weight excluding hydrogens is 262 g/mol. The molecular formula is C18H17NO2. The van der Waals surface area contributed by atoms with Crippen molar-refractivity contribution in [2.45, 2.75) is 25.0 Å². The molecule has 1 fully saturated rings. The lowest BCUT2D eigenvalue weighted by Gasteiger charge is -2.22. The molecule has 0 aromatic heterocycles. The fourth-order valence-corrected chi connectivity index (χ4v) is 3.33. The van der Waals surface area contributed by atoms with Crippen molar-refractivity contribution in [2.24, 2.45) is 0 Å². The Morgan fingerprint density at radius 3 is 2.62 bits per heavy atom. The number of hydrogen-bond donors (Lipinski definition) is 0. The molecule has 1 saturated heterocycles. The van der Waals surface area contributed by atoms with Crippen LogP contribution in [-0.2, 0) is 17.8 Å². The van der Waals surface area contributed by atoms with Crippen molar-refractivity contribution in [3.8, 4) is 5.75 Å². The fraction of sp³-hybridized carbons (Fsp3) is 0.278. The number of benzene rings is 2. The minimum atomic E-state index is -0.654. The molecule has 0 radical (unpaired) electrons. The third-order valence-electron chi connectivity index (χ3n) is 4.43. The van der Waals surface area contributed by atoms with E-state index < -0.39 is 5.60 Å². The van der Waals surface area contributed by atoms with E-state index in [4.69, 9.17) is 4.74 Å². The van der Waals surface area contributed by atoms with Crippen LogP contribution in [0.5, 0.6) is 5.75 Å². The van der Waals surface area contributed by atoms with E-state index in [-0.39, 0.29) is 5.91 Å². The molecule has 2 aromatic carbocycles. The number of hydrogen-bond acceptors (Lipinski definition) is 2. The summed E-state index contributed by atoms with van der Waals surface area (Å²) in [6.07, 6.45) is 1.47. The number of likely N-dealkylation sites (tertiary alicyclic amines) is 1. The number of nitrogens with zero attached hydrogens (tertiary/aromatic N) is 1. The molecule has 1 spiro atoms. The van der Waals surface area contributed by atoms with Gasteiger partial charge in [0.05, 0.1) is 0 Å². The Labute approximate surface area is 124 Å². The highest BCUT2D eigenvalue weighted by atomic mass is 16.5. The van der Waals surface area contributed by atoms with Crippen molar-refractivity contribution in [3.63, 3.8) is 0 Å². The SMILES string of the molecule is O=C1N(Cc2ccccc2)CCC12Cc1ccccc1O2. The van der Waals surface area contributed by atoms with Crippen molar-refractivity contribution in [3.05, 3.63) is 65.7 Å². The van der Waals surface area contributed by atoms with Crippen LogP contribution in [0.3, 0.4) is 0 Å². The Bertz CT molecular complexity index is 656. The Hall–Kier alpha value is -2.29. The summed E-state index contributed by atoms with van der Waals surface area (Å²) < 4.78 is 6.04. The Morgan fingerprint density at radius 1 is 1.05 bits per heavy atom. The van der Waals surface area contributed by atoms with Crippen molar-refractivity contribution in [1.29, 1.82) is 0 Å². The third-order valence-corrected chi connectivity index (χ3v) is 4.43. The molecule has 4 rings (SSSR count). The van der Waals surface area contributed by atoms with Gasteiger partial charge < -0.3 is 9.64 Å². The second-order valence-electron chi connectivity index (χ2n) is 5.84. The van der Waals surface area contributed by atoms with E-state index in [0.29, 0.717) is 13.0 Å². The zero-order valence-electron chi connectivity index (χ0n) is 11.8. The monoisotopic (exact) mass is 279 g/mol. The average Bonchev–Trinajstić information content (AvgIpc) is 3.04. The largest absolute Gasteiger partial charge is 0.477 e. The summed E-state index contributed by atoms with van der Waals surface area (Å²) in [5.41, 5.74) is 1.66.